The van der Waals surface area contributed by atoms with E-state index in [0.29, 0.717) is 0 Å². The van der Waals surface area contributed by atoms with Crippen LogP contribution in [0.4, 0.5) is 0 Å². The second-order valence-electron chi connectivity index (χ2n) is 0.476. The molecular formula is CrLi2O5. The van der Waals surface area contributed by atoms with Gasteiger partial charge in [-0.15, -0.1) is 0 Å². The summed E-state index contributed by atoms with van der Waals surface area (Å²) in [6.07, 6.45) is 0. The molecule has 0 saturated heterocycles. The standard InChI is InChI=1S/Cr.2Li.O2.3O/c;;;1-2;;;/q3*+1;-2;;;-1. The second kappa shape index (κ2) is 6.33. The van der Waals surface area contributed by atoms with E-state index in [9.17, 15) is 0 Å². The molecule has 0 rings (SSSR count). The predicted octanol–water partition coefficient (Wildman–Crippen LogP) is -8.68. The summed E-state index contributed by atoms with van der Waals surface area (Å²) in [5.74, 6) is 0. The van der Waals surface area contributed by atoms with Crippen molar-refractivity contribution in [3.05, 3.63) is 0 Å². The third-order valence-electron chi connectivity index (χ3n) is 0.0833. The van der Waals surface area contributed by atoms with Crippen molar-refractivity contribution in [2.45, 2.75) is 0 Å². The van der Waals surface area contributed by atoms with Crippen molar-refractivity contribution in [3.63, 3.8) is 0 Å². The van der Waals surface area contributed by atoms with Crippen molar-refractivity contribution >= 4 is 0 Å². The zero-order valence-corrected chi connectivity index (χ0v) is 5.72. The normalized spacial score (nSPS) is 8.75. The van der Waals surface area contributed by atoms with Crippen LogP contribution < -0.4 is 47.1 Å². The predicted molar refractivity (Wildman–Crippen MR) is 2.46 cm³/mol. The molecule has 0 saturated carbocycles. The van der Waals surface area contributed by atoms with Crippen molar-refractivity contribution in [1.82, 2.24) is 0 Å². The molecule has 0 aliphatic heterocycles. The SMILES string of the molecule is [Li+].[Li+].[O]=[Cr](=[O])([O-])[O][O-]. The van der Waals surface area contributed by atoms with Crippen LogP contribution in [0.1, 0.15) is 0 Å². The molecule has 8 heavy (non-hydrogen) atoms. The van der Waals surface area contributed by atoms with E-state index < -0.39 is 13.6 Å². The van der Waals surface area contributed by atoms with Gasteiger partial charge in [-0.25, -0.2) is 0 Å². The van der Waals surface area contributed by atoms with Gasteiger partial charge in [0.1, 0.15) is 0 Å². The molecule has 0 unspecified atom stereocenters. The van der Waals surface area contributed by atoms with Gasteiger partial charge in [-0.2, -0.15) is 0 Å². The molecule has 8 heteroatoms. The van der Waals surface area contributed by atoms with Gasteiger partial charge in [-0.1, -0.05) is 0 Å². The number of rotatable bonds is 1. The van der Waals surface area contributed by atoms with Gasteiger partial charge in [0.25, 0.3) is 0 Å². The van der Waals surface area contributed by atoms with E-state index >= 15 is 0 Å². The molecule has 0 bridgehead atoms. The molecule has 0 aliphatic carbocycles. The van der Waals surface area contributed by atoms with E-state index in [1.54, 1.807) is 0 Å². The van der Waals surface area contributed by atoms with Crippen LogP contribution in [0, 0.1) is 0 Å². The average molecular weight is 146 g/mol. The van der Waals surface area contributed by atoms with Gasteiger partial charge < -0.3 is 0 Å². The van der Waals surface area contributed by atoms with Crippen molar-refractivity contribution in [2.24, 2.45) is 0 Å². The third-order valence-corrected chi connectivity index (χ3v) is 0.344. The molecular weight excluding hydrogens is 146 g/mol. The first-order valence-corrected chi connectivity index (χ1v) is 2.92. The maximum atomic E-state index is 8.98. The van der Waals surface area contributed by atoms with Crippen LogP contribution in [-0.2, 0) is 25.2 Å². The second-order valence-corrected chi connectivity index (χ2v) is 1.96. The van der Waals surface area contributed by atoms with Gasteiger partial charge in [0.05, 0.1) is 0 Å². The Morgan fingerprint density at radius 2 is 1.38 bits per heavy atom. The van der Waals surface area contributed by atoms with Crippen LogP contribution in [-0.4, -0.2) is 0 Å². The zero-order chi connectivity index (χ0) is 5.21. The molecule has 0 aliphatic rings. The first kappa shape index (κ1) is 16.1. The van der Waals surface area contributed by atoms with E-state index in [1.165, 1.54) is 0 Å². The third kappa shape index (κ3) is 15.7. The molecule has 0 heterocycles. The average Bonchev–Trinajstić information content (AvgIpc) is 1.35. The Balaban J connectivity index is -0.000000125. The molecule has 0 aromatic rings. The Hall–Kier alpha value is 1.21. The van der Waals surface area contributed by atoms with Gasteiger partial charge in [-0.05, 0) is 0 Å². The Labute approximate surface area is 72.1 Å². The summed E-state index contributed by atoms with van der Waals surface area (Å²) in [6, 6.07) is 0. The van der Waals surface area contributed by atoms with Crippen molar-refractivity contribution in [1.29, 1.82) is 0 Å². The van der Waals surface area contributed by atoms with E-state index in [4.69, 9.17) is 17.0 Å². The van der Waals surface area contributed by atoms with E-state index in [0.717, 1.165) is 0 Å². The van der Waals surface area contributed by atoms with E-state index in [2.05, 4.69) is 3.94 Å². The summed E-state index contributed by atoms with van der Waals surface area (Å²) >= 11 is -5.58. The van der Waals surface area contributed by atoms with Gasteiger partial charge in [0.15, 0.2) is 0 Å². The molecule has 0 amide bonds. The van der Waals surface area contributed by atoms with Crippen molar-refractivity contribution < 1.29 is 72.3 Å². The van der Waals surface area contributed by atoms with Gasteiger partial charge in [0, 0.05) is 0 Å². The maximum absolute atomic E-state index is 8.98. The van der Waals surface area contributed by atoms with Crippen LogP contribution in [0.5, 0.6) is 0 Å². The number of hydrogen-bond donors (Lipinski definition) is 0. The minimum atomic E-state index is -5.58. The van der Waals surface area contributed by atoms with Gasteiger partial charge >= 0.3 is 72.3 Å². The van der Waals surface area contributed by atoms with Gasteiger partial charge in [0.2, 0.25) is 0 Å². The molecule has 38 valence electrons. The molecule has 5 nitrogen and oxygen atoms in total. The topological polar surface area (TPSA) is 89.5 Å². The summed E-state index contributed by atoms with van der Waals surface area (Å²) < 4.78 is 29.1. The van der Waals surface area contributed by atoms with Crippen LogP contribution in [0.25, 0.3) is 0 Å². The molecule has 0 aromatic heterocycles. The number of hydrogen-bond acceptors (Lipinski definition) is 5. The zero-order valence-electron chi connectivity index (χ0n) is 4.45. The van der Waals surface area contributed by atoms with Crippen LogP contribution in [0.3, 0.4) is 0 Å². The Kier molecular flexibility index (Phi) is 12.7. The fourth-order valence-corrected chi connectivity index (χ4v) is 0. The van der Waals surface area contributed by atoms with E-state index in [1.807, 2.05) is 0 Å². The minimum absolute atomic E-state index is 0. The van der Waals surface area contributed by atoms with Crippen LogP contribution in [0.15, 0.2) is 0 Å². The molecule has 0 atom stereocenters. The van der Waals surface area contributed by atoms with Crippen molar-refractivity contribution in [3.8, 4) is 0 Å². The summed E-state index contributed by atoms with van der Waals surface area (Å²) in [7, 11) is 0. The summed E-state index contributed by atoms with van der Waals surface area (Å²) in [4.78, 5) is 0. The summed E-state index contributed by atoms with van der Waals surface area (Å²) in [5.41, 5.74) is 0. The monoisotopic (exact) mass is 146 g/mol. The fourth-order valence-electron chi connectivity index (χ4n) is 0. The van der Waals surface area contributed by atoms with E-state index in [-0.39, 0.29) is 37.7 Å². The quantitative estimate of drug-likeness (QED) is 0.208. The molecule has 0 radical (unpaired) electrons. The molecule has 0 fully saturated rings. The molecule has 0 N–H and O–H groups in total. The van der Waals surface area contributed by atoms with Crippen molar-refractivity contribution in [2.75, 3.05) is 0 Å². The molecule has 0 aromatic carbocycles. The summed E-state index contributed by atoms with van der Waals surface area (Å²) in [5, 5.41) is 8.58. The Bertz CT molecular complexity index is 112. The fraction of sp³-hybridized carbons (Fsp3) is 0. The summed E-state index contributed by atoms with van der Waals surface area (Å²) in [6.45, 7) is 0. The van der Waals surface area contributed by atoms with Gasteiger partial charge in [-0.3, -0.25) is 0 Å². The van der Waals surface area contributed by atoms with Crippen LogP contribution in [0.2, 0.25) is 0 Å². The Morgan fingerprint density at radius 1 is 1.25 bits per heavy atom. The molecule has 0 spiro atoms. The van der Waals surface area contributed by atoms with Crippen LogP contribution >= 0.6 is 0 Å². The first-order valence-electron chi connectivity index (χ1n) is 0.833. The first-order chi connectivity index (χ1) is 2.56. The Morgan fingerprint density at radius 3 is 1.38 bits per heavy atom.